The Morgan fingerprint density at radius 2 is 1.80 bits per heavy atom. The number of ether oxygens (including phenoxy) is 1. The molecule has 7 heteroatoms. The second kappa shape index (κ2) is 10.8. The van der Waals surface area contributed by atoms with Gasteiger partial charge in [0.2, 0.25) is 0 Å². The zero-order valence-electron chi connectivity index (χ0n) is 17.4. The number of nitrogens with zero attached hydrogens (tertiary/aromatic N) is 2. The molecule has 1 heterocycles. The van der Waals surface area contributed by atoms with Crippen LogP contribution in [0.3, 0.4) is 0 Å². The fourth-order valence-electron chi connectivity index (χ4n) is 3.25. The van der Waals surface area contributed by atoms with E-state index < -0.39 is 0 Å². The third-order valence-electron chi connectivity index (χ3n) is 4.99. The summed E-state index contributed by atoms with van der Waals surface area (Å²) in [7, 11) is 0. The summed E-state index contributed by atoms with van der Waals surface area (Å²) in [6.45, 7) is 8.13. The zero-order chi connectivity index (χ0) is 21.3. The maximum absolute atomic E-state index is 12.9. The number of amides is 1. The number of hydrogen-bond donors (Lipinski definition) is 2. The molecule has 6 nitrogen and oxygen atoms in total. The number of likely N-dealkylation sites (N-methyl/N-ethyl adjacent to an activating group) is 1. The van der Waals surface area contributed by atoms with E-state index in [4.69, 9.17) is 17.0 Å². The number of carbonyl (C=O) groups excluding carboxylic acids is 1. The van der Waals surface area contributed by atoms with E-state index in [2.05, 4.69) is 29.0 Å². The van der Waals surface area contributed by atoms with E-state index in [0.717, 1.165) is 36.6 Å². The molecular weight excluding hydrogens is 396 g/mol. The van der Waals surface area contributed by atoms with E-state index in [0.29, 0.717) is 23.6 Å². The van der Waals surface area contributed by atoms with Gasteiger partial charge in [-0.3, -0.25) is 9.36 Å². The predicted molar refractivity (Wildman–Crippen MR) is 122 cm³/mol. The summed E-state index contributed by atoms with van der Waals surface area (Å²) in [5.41, 5.74) is 2.24. The molecule has 0 unspecified atom stereocenters. The number of carbonyl (C=O) groups is 1. The van der Waals surface area contributed by atoms with Crippen molar-refractivity contribution >= 4 is 18.1 Å². The molecule has 3 rings (SSSR count). The van der Waals surface area contributed by atoms with Crippen LogP contribution in [0.15, 0.2) is 60.8 Å². The van der Waals surface area contributed by atoms with Crippen LogP contribution in [0.4, 0.5) is 0 Å². The normalized spacial score (nSPS) is 10.9. The minimum atomic E-state index is -0.204. The second-order valence-electron chi connectivity index (χ2n) is 6.82. The molecule has 1 amide bonds. The Hall–Kier alpha value is -2.90. The molecule has 0 atom stereocenters. The Morgan fingerprint density at radius 1 is 1.10 bits per heavy atom. The maximum Gasteiger partial charge on any atom is 0.270 e. The summed E-state index contributed by atoms with van der Waals surface area (Å²) in [4.78, 5) is 18.1. The fourth-order valence-corrected chi connectivity index (χ4v) is 3.51. The van der Waals surface area contributed by atoms with Crippen LogP contribution in [0.1, 0.15) is 29.9 Å². The summed E-state index contributed by atoms with van der Waals surface area (Å²) in [6.07, 6.45) is 1.64. The molecule has 3 aromatic rings. The fraction of sp³-hybridized carbons (Fsp3) is 0.304. The maximum atomic E-state index is 12.9. The quantitative estimate of drug-likeness (QED) is 0.479. The summed E-state index contributed by atoms with van der Waals surface area (Å²) >= 11 is 5.36. The van der Waals surface area contributed by atoms with E-state index in [9.17, 15) is 4.79 Å². The number of imidazole rings is 1. The van der Waals surface area contributed by atoms with Crippen molar-refractivity contribution < 1.29 is 9.53 Å². The average Bonchev–Trinajstić information content (AvgIpc) is 3.18. The SMILES string of the molecule is CCN(CC)CCOc1ccccc1CNC(=O)c1c[nH]c(=S)n1-c1ccccc1. The van der Waals surface area contributed by atoms with Crippen molar-refractivity contribution in [1.29, 1.82) is 0 Å². The molecule has 1 aromatic heterocycles. The van der Waals surface area contributed by atoms with Crippen molar-refractivity contribution in [2.75, 3.05) is 26.2 Å². The number of aromatic amines is 1. The minimum Gasteiger partial charge on any atom is -0.492 e. The van der Waals surface area contributed by atoms with Gasteiger partial charge < -0.3 is 19.9 Å². The summed E-state index contributed by atoms with van der Waals surface area (Å²) in [5, 5.41) is 2.98. The first-order chi connectivity index (χ1) is 14.6. The highest BCUT2D eigenvalue weighted by Gasteiger charge is 2.15. The predicted octanol–water partition coefficient (Wildman–Crippen LogP) is 4.19. The molecule has 158 valence electrons. The molecule has 30 heavy (non-hydrogen) atoms. The summed E-state index contributed by atoms with van der Waals surface area (Å²) in [5.74, 6) is 0.586. The topological polar surface area (TPSA) is 62.3 Å². The highest BCUT2D eigenvalue weighted by molar-refractivity contribution is 7.71. The van der Waals surface area contributed by atoms with Gasteiger partial charge >= 0.3 is 0 Å². The van der Waals surface area contributed by atoms with Crippen molar-refractivity contribution in [2.45, 2.75) is 20.4 Å². The van der Waals surface area contributed by atoms with Gasteiger partial charge in [-0.1, -0.05) is 50.2 Å². The third kappa shape index (κ3) is 5.37. The molecule has 0 saturated carbocycles. The smallest absolute Gasteiger partial charge is 0.270 e. The largest absolute Gasteiger partial charge is 0.492 e. The van der Waals surface area contributed by atoms with Crippen LogP contribution in [0.2, 0.25) is 0 Å². The Bertz CT molecular complexity index is 1010. The molecule has 0 aliphatic heterocycles. The van der Waals surface area contributed by atoms with E-state index in [1.165, 1.54) is 0 Å². The lowest BCUT2D eigenvalue weighted by atomic mass is 10.2. The molecule has 0 spiro atoms. The van der Waals surface area contributed by atoms with Crippen LogP contribution in [0.25, 0.3) is 5.69 Å². The van der Waals surface area contributed by atoms with Gasteiger partial charge in [0.1, 0.15) is 18.1 Å². The first-order valence-electron chi connectivity index (χ1n) is 10.2. The standard InChI is InChI=1S/C23H28N4O2S/c1-3-26(4-2)14-15-29-21-13-9-8-10-18(21)16-24-22(28)20-17-25-23(30)27(20)19-11-6-5-7-12-19/h5-13,17H,3-4,14-16H2,1-2H3,(H,24,28)(H,25,30). The molecule has 2 aromatic carbocycles. The summed E-state index contributed by atoms with van der Waals surface area (Å²) in [6, 6.07) is 17.4. The number of hydrogen-bond acceptors (Lipinski definition) is 4. The lowest BCUT2D eigenvalue weighted by Gasteiger charge is -2.19. The molecule has 0 bridgehead atoms. The Balaban J connectivity index is 1.67. The van der Waals surface area contributed by atoms with Gasteiger partial charge in [-0.15, -0.1) is 0 Å². The second-order valence-corrected chi connectivity index (χ2v) is 7.20. The number of benzene rings is 2. The van der Waals surface area contributed by atoms with E-state index >= 15 is 0 Å². The molecule has 0 saturated heterocycles. The Labute approximate surface area is 182 Å². The zero-order valence-corrected chi connectivity index (χ0v) is 18.2. The molecule has 0 aliphatic rings. The minimum absolute atomic E-state index is 0.204. The highest BCUT2D eigenvalue weighted by Crippen LogP contribution is 2.18. The van der Waals surface area contributed by atoms with Crippen LogP contribution in [-0.4, -0.2) is 46.6 Å². The molecule has 2 N–H and O–H groups in total. The molecule has 0 fully saturated rings. The first-order valence-corrected chi connectivity index (χ1v) is 10.6. The number of aromatic nitrogens is 2. The van der Waals surface area contributed by atoms with E-state index in [1.807, 2.05) is 54.6 Å². The van der Waals surface area contributed by atoms with Crippen molar-refractivity contribution in [2.24, 2.45) is 0 Å². The molecule has 0 radical (unpaired) electrons. The van der Waals surface area contributed by atoms with Gasteiger partial charge in [-0.05, 0) is 43.5 Å². The van der Waals surface area contributed by atoms with Gasteiger partial charge in [0.05, 0.1) is 0 Å². The van der Waals surface area contributed by atoms with Gasteiger partial charge in [-0.2, -0.15) is 0 Å². The lowest BCUT2D eigenvalue weighted by Crippen LogP contribution is -2.28. The van der Waals surface area contributed by atoms with Gasteiger partial charge in [0.25, 0.3) is 5.91 Å². The van der Waals surface area contributed by atoms with E-state index in [1.54, 1.807) is 10.8 Å². The van der Waals surface area contributed by atoms with Crippen molar-refractivity contribution in [3.05, 3.63) is 76.8 Å². The van der Waals surface area contributed by atoms with Crippen LogP contribution < -0.4 is 10.1 Å². The van der Waals surface area contributed by atoms with Gasteiger partial charge in [-0.25, -0.2) is 0 Å². The molecular formula is C23H28N4O2S. The molecule has 0 aliphatic carbocycles. The van der Waals surface area contributed by atoms with Crippen LogP contribution in [0.5, 0.6) is 5.75 Å². The Kier molecular flexibility index (Phi) is 7.82. The highest BCUT2D eigenvalue weighted by atomic mass is 32.1. The number of H-pyrrole nitrogens is 1. The van der Waals surface area contributed by atoms with Crippen molar-refractivity contribution in [3.8, 4) is 11.4 Å². The van der Waals surface area contributed by atoms with Crippen LogP contribution >= 0.6 is 12.2 Å². The average molecular weight is 425 g/mol. The van der Waals surface area contributed by atoms with Gasteiger partial charge in [0, 0.05) is 30.5 Å². The number of rotatable bonds is 10. The third-order valence-corrected chi connectivity index (χ3v) is 5.30. The van der Waals surface area contributed by atoms with Crippen molar-refractivity contribution in [3.63, 3.8) is 0 Å². The van der Waals surface area contributed by atoms with Gasteiger partial charge in [0.15, 0.2) is 4.77 Å². The Morgan fingerprint density at radius 3 is 2.53 bits per heavy atom. The van der Waals surface area contributed by atoms with Crippen molar-refractivity contribution in [1.82, 2.24) is 19.8 Å². The monoisotopic (exact) mass is 424 g/mol. The van der Waals surface area contributed by atoms with E-state index in [-0.39, 0.29) is 5.91 Å². The first kappa shape index (κ1) is 21.8. The van der Waals surface area contributed by atoms with Crippen LogP contribution in [-0.2, 0) is 6.54 Å². The van der Waals surface area contributed by atoms with Crippen LogP contribution in [0, 0.1) is 4.77 Å². The summed E-state index contributed by atoms with van der Waals surface area (Å²) < 4.78 is 8.20. The lowest BCUT2D eigenvalue weighted by molar-refractivity contribution is 0.0943. The number of para-hydroxylation sites is 2. The number of nitrogens with one attached hydrogen (secondary N) is 2.